The maximum atomic E-state index is 13.4. The monoisotopic (exact) mass is 362 g/mol. The molecule has 0 spiro atoms. The van der Waals surface area contributed by atoms with Crippen LogP contribution in [0.15, 0.2) is 54.6 Å². The van der Waals surface area contributed by atoms with Crippen LogP contribution in [0.2, 0.25) is 0 Å². The van der Waals surface area contributed by atoms with Crippen molar-refractivity contribution in [2.45, 2.75) is 25.9 Å². The van der Waals surface area contributed by atoms with E-state index in [2.05, 4.69) is 22.2 Å². The van der Waals surface area contributed by atoms with Crippen LogP contribution in [0.4, 0.5) is 0 Å². The van der Waals surface area contributed by atoms with Crippen LogP contribution in [-0.2, 0) is 13.0 Å². The fraction of sp³-hybridized carbons (Fsp3) is 0.286. The van der Waals surface area contributed by atoms with E-state index in [0.717, 1.165) is 17.2 Å². The highest BCUT2D eigenvalue weighted by molar-refractivity contribution is 5.97. The van der Waals surface area contributed by atoms with Gasteiger partial charge < -0.3 is 9.64 Å². The summed E-state index contributed by atoms with van der Waals surface area (Å²) in [6.07, 6.45) is 0.694. The third kappa shape index (κ3) is 3.30. The van der Waals surface area contributed by atoms with Crippen molar-refractivity contribution >= 4 is 5.91 Å². The molecule has 1 amide bonds. The number of fused-ring (bicyclic) bond motifs is 1. The van der Waals surface area contributed by atoms with Crippen molar-refractivity contribution < 1.29 is 9.53 Å². The van der Waals surface area contributed by atoms with Crippen LogP contribution in [0.3, 0.4) is 0 Å². The van der Waals surface area contributed by atoms with E-state index < -0.39 is 0 Å². The van der Waals surface area contributed by atoms with Crippen LogP contribution in [0, 0.1) is 6.92 Å². The highest BCUT2D eigenvalue weighted by Crippen LogP contribution is 2.31. The molecule has 0 radical (unpaired) electrons. The molecule has 2 aromatic carbocycles. The number of carbonyl (C=O) groups is 1. The first kappa shape index (κ1) is 17.3. The Kier molecular flexibility index (Phi) is 4.62. The average Bonchev–Trinajstić information content (AvgIpc) is 3.09. The van der Waals surface area contributed by atoms with Gasteiger partial charge in [0.2, 0.25) is 0 Å². The fourth-order valence-corrected chi connectivity index (χ4v) is 3.64. The van der Waals surface area contributed by atoms with Crippen molar-refractivity contribution in [3.63, 3.8) is 0 Å². The molecule has 0 saturated carbocycles. The number of ether oxygens (including phenoxy) is 1. The minimum atomic E-state index is -0.167. The summed E-state index contributed by atoms with van der Waals surface area (Å²) in [5.41, 5.74) is 1.73. The van der Waals surface area contributed by atoms with Gasteiger partial charge in [-0.3, -0.25) is 4.79 Å². The van der Waals surface area contributed by atoms with Crippen LogP contribution in [0.1, 0.15) is 33.6 Å². The van der Waals surface area contributed by atoms with Crippen LogP contribution in [-0.4, -0.2) is 39.2 Å². The summed E-state index contributed by atoms with van der Waals surface area (Å²) in [5.74, 6) is 2.12. The van der Waals surface area contributed by atoms with Gasteiger partial charge in [0, 0.05) is 13.0 Å². The molecule has 1 aliphatic rings. The highest BCUT2D eigenvalue weighted by atomic mass is 16.5. The average molecular weight is 362 g/mol. The number of aromatic nitrogens is 3. The molecule has 6 heteroatoms. The highest BCUT2D eigenvalue weighted by Gasteiger charge is 2.34. The zero-order valence-corrected chi connectivity index (χ0v) is 15.5. The van der Waals surface area contributed by atoms with Crippen molar-refractivity contribution in [3.8, 4) is 5.75 Å². The van der Waals surface area contributed by atoms with Gasteiger partial charge in [-0.05, 0) is 24.6 Å². The van der Waals surface area contributed by atoms with E-state index in [0.29, 0.717) is 30.8 Å². The summed E-state index contributed by atoms with van der Waals surface area (Å²) in [6, 6.07) is 17.4. The predicted molar refractivity (Wildman–Crippen MR) is 102 cm³/mol. The van der Waals surface area contributed by atoms with E-state index in [1.54, 1.807) is 7.11 Å². The molecule has 1 aromatic heterocycles. The molecule has 2 heterocycles. The first-order chi connectivity index (χ1) is 13.2. The second kappa shape index (κ2) is 7.23. The minimum absolute atomic E-state index is 0.0414. The molecule has 6 nitrogen and oxygen atoms in total. The van der Waals surface area contributed by atoms with Gasteiger partial charge in [0.15, 0.2) is 0 Å². The molecule has 1 atom stereocenters. The summed E-state index contributed by atoms with van der Waals surface area (Å²) < 4.78 is 7.33. The van der Waals surface area contributed by atoms with Gasteiger partial charge in [-0.25, -0.2) is 9.67 Å². The van der Waals surface area contributed by atoms with Crippen LogP contribution in [0.5, 0.6) is 5.75 Å². The van der Waals surface area contributed by atoms with Crippen molar-refractivity contribution in [1.82, 2.24) is 19.7 Å². The smallest absolute Gasteiger partial charge is 0.258 e. The Morgan fingerprint density at radius 1 is 1.11 bits per heavy atom. The third-order valence-electron chi connectivity index (χ3n) is 4.90. The number of hydrogen-bond acceptors (Lipinski definition) is 4. The standard InChI is InChI=1S/C21H22N4O2/c1-15-22-20-18(14-16-8-4-3-5-9-16)24(12-13-25(20)23-15)21(26)17-10-6-7-11-19(17)27-2/h3-11,18H,12-14H2,1-2H3/t18-/m0/s1. The Morgan fingerprint density at radius 2 is 1.85 bits per heavy atom. The minimum Gasteiger partial charge on any atom is -0.496 e. The fourth-order valence-electron chi connectivity index (χ4n) is 3.64. The van der Waals surface area contributed by atoms with Crippen molar-refractivity contribution in [3.05, 3.63) is 77.4 Å². The molecule has 0 bridgehead atoms. The van der Waals surface area contributed by atoms with Gasteiger partial charge in [-0.15, -0.1) is 0 Å². The summed E-state index contributed by atoms with van der Waals surface area (Å²) in [5, 5.41) is 4.49. The van der Waals surface area contributed by atoms with Crippen molar-refractivity contribution in [2.75, 3.05) is 13.7 Å². The van der Waals surface area contributed by atoms with E-state index in [-0.39, 0.29) is 11.9 Å². The molecule has 0 aliphatic carbocycles. The topological polar surface area (TPSA) is 60.2 Å². The van der Waals surface area contributed by atoms with E-state index in [9.17, 15) is 4.79 Å². The maximum absolute atomic E-state index is 13.4. The molecule has 4 rings (SSSR count). The largest absolute Gasteiger partial charge is 0.496 e. The van der Waals surface area contributed by atoms with Crippen molar-refractivity contribution in [2.24, 2.45) is 0 Å². The van der Waals surface area contributed by atoms with Crippen molar-refractivity contribution in [1.29, 1.82) is 0 Å². The number of nitrogens with zero attached hydrogens (tertiary/aromatic N) is 4. The molecular weight excluding hydrogens is 340 g/mol. The molecular formula is C21H22N4O2. The first-order valence-electron chi connectivity index (χ1n) is 9.06. The molecule has 0 N–H and O–H groups in total. The molecule has 0 saturated heterocycles. The third-order valence-corrected chi connectivity index (χ3v) is 4.90. The quantitative estimate of drug-likeness (QED) is 0.716. The van der Waals surface area contributed by atoms with Gasteiger partial charge in [-0.2, -0.15) is 5.10 Å². The number of benzene rings is 2. The number of hydrogen-bond donors (Lipinski definition) is 0. The van der Waals surface area contributed by atoms with Gasteiger partial charge >= 0.3 is 0 Å². The van der Waals surface area contributed by atoms with E-state index in [4.69, 9.17) is 4.74 Å². The second-order valence-electron chi connectivity index (χ2n) is 6.64. The molecule has 1 aliphatic heterocycles. The number of aryl methyl sites for hydroxylation is 1. The lowest BCUT2D eigenvalue weighted by Crippen LogP contribution is -2.43. The SMILES string of the molecule is COc1ccccc1C(=O)N1CCn2nc(C)nc2[C@@H]1Cc1ccccc1. The maximum Gasteiger partial charge on any atom is 0.258 e. The molecule has 3 aromatic rings. The summed E-state index contributed by atoms with van der Waals surface area (Å²) in [4.78, 5) is 19.9. The van der Waals surface area contributed by atoms with Crippen LogP contribution < -0.4 is 4.74 Å². The van der Waals surface area contributed by atoms with Gasteiger partial charge in [-0.1, -0.05) is 42.5 Å². The van der Waals surface area contributed by atoms with E-state index in [1.165, 1.54) is 0 Å². The normalized spacial score (nSPS) is 16.1. The van der Waals surface area contributed by atoms with Gasteiger partial charge in [0.05, 0.1) is 25.3 Å². The Hall–Kier alpha value is -3.15. The Bertz CT molecular complexity index is 952. The Morgan fingerprint density at radius 3 is 2.63 bits per heavy atom. The molecule has 27 heavy (non-hydrogen) atoms. The van der Waals surface area contributed by atoms with E-state index in [1.807, 2.05) is 59.0 Å². The van der Waals surface area contributed by atoms with Gasteiger partial charge in [0.25, 0.3) is 5.91 Å². The zero-order valence-electron chi connectivity index (χ0n) is 15.5. The zero-order chi connectivity index (χ0) is 18.8. The summed E-state index contributed by atoms with van der Waals surface area (Å²) >= 11 is 0. The lowest BCUT2D eigenvalue weighted by molar-refractivity contribution is 0.0605. The lowest BCUT2D eigenvalue weighted by atomic mass is 10.0. The number of methoxy groups -OCH3 is 1. The molecule has 0 unspecified atom stereocenters. The number of carbonyl (C=O) groups excluding carboxylic acids is 1. The first-order valence-corrected chi connectivity index (χ1v) is 9.06. The lowest BCUT2D eigenvalue weighted by Gasteiger charge is -2.35. The number of rotatable bonds is 4. The van der Waals surface area contributed by atoms with Gasteiger partial charge in [0.1, 0.15) is 17.4 Å². The predicted octanol–water partition coefficient (Wildman–Crippen LogP) is 3.03. The van der Waals surface area contributed by atoms with Crippen LogP contribution >= 0.6 is 0 Å². The second-order valence-corrected chi connectivity index (χ2v) is 6.64. The molecule has 138 valence electrons. The molecule has 0 fully saturated rings. The Labute approximate surface area is 158 Å². The number of amides is 1. The number of para-hydroxylation sites is 1. The Balaban J connectivity index is 1.73. The summed E-state index contributed by atoms with van der Waals surface area (Å²) in [7, 11) is 1.59. The summed E-state index contributed by atoms with van der Waals surface area (Å²) in [6.45, 7) is 3.11. The van der Waals surface area contributed by atoms with Crippen LogP contribution in [0.25, 0.3) is 0 Å². The van der Waals surface area contributed by atoms with E-state index >= 15 is 0 Å².